The van der Waals surface area contributed by atoms with Crippen molar-refractivity contribution in [2.75, 3.05) is 18.4 Å². The number of rotatable bonds is 4. The highest BCUT2D eigenvalue weighted by atomic mass is 32.1. The molecule has 4 N–H and O–H groups in total. The van der Waals surface area contributed by atoms with E-state index in [2.05, 4.69) is 5.32 Å². The largest absolute Gasteiger partial charge is 0.366 e. The summed E-state index contributed by atoms with van der Waals surface area (Å²) in [7, 11) is 0. The summed E-state index contributed by atoms with van der Waals surface area (Å²) < 4.78 is 5.69. The van der Waals surface area contributed by atoms with Crippen LogP contribution in [-0.2, 0) is 9.53 Å². The molecule has 1 fully saturated rings. The normalized spacial score (nSPS) is 27.1. The molecule has 0 radical (unpaired) electrons. The maximum atomic E-state index is 12.4. The lowest BCUT2D eigenvalue weighted by Crippen LogP contribution is -3.19. The molecule has 1 aromatic rings. The molecule has 6 nitrogen and oxygen atoms in total. The van der Waals surface area contributed by atoms with E-state index in [-0.39, 0.29) is 24.2 Å². The van der Waals surface area contributed by atoms with Gasteiger partial charge in [0, 0.05) is 0 Å². The number of quaternary nitrogens is 1. The standard InChI is InChI=1S/C14H21N3O3S/c1-8-6-17(7-9(2)20-8)10(3)13(19)16-14-11(12(15)18)4-5-21-14/h4-5,8-10H,6-7H2,1-3H3,(H2,15,18)(H,16,19)/p+1/t8-,9-,10+/m1/s1. The molecule has 21 heavy (non-hydrogen) atoms. The first-order chi connectivity index (χ1) is 9.88. The third-order valence-electron chi connectivity index (χ3n) is 3.74. The number of primary amides is 1. The Hall–Kier alpha value is -1.44. The van der Waals surface area contributed by atoms with Gasteiger partial charge in [0.2, 0.25) is 0 Å². The van der Waals surface area contributed by atoms with Crippen molar-refractivity contribution in [3.63, 3.8) is 0 Å². The van der Waals surface area contributed by atoms with Crippen LogP contribution in [-0.4, -0.2) is 43.2 Å². The van der Waals surface area contributed by atoms with Crippen LogP contribution < -0.4 is 16.0 Å². The van der Waals surface area contributed by atoms with E-state index < -0.39 is 5.91 Å². The zero-order valence-electron chi connectivity index (χ0n) is 12.5. The Morgan fingerprint density at radius 3 is 2.62 bits per heavy atom. The van der Waals surface area contributed by atoms with Gasteiger partial charge in [0.05, 0.1) is 5.56 Å². The molecule has 1 aliphatic rings. The number of anilines is 1. The van der Waals surface area contributed by atoms with Crippen molar-refractivity contribution in [3.8, 4) is 0 Å². The van der Waals surface area contributed by atoms with Gasteiger partial charge in [-0.25, -0.2) is 0 Å². The van der Waals surface area contributed by atoms with Gasteiger partial charge < -0.3 is 20.7 Å². The predicted octanol–water partition coefficient (Wildman–Crippen LogP) is -0.134. The maximum absolute atomic E-state index is 12.4. The summed E-state index contributed by atoms with van der Waals surface area (Å²) in [6.45, 7) is 7.53. The Morgan fingerprint density at radius 1 is 1.43 bits per heavy atom. The fourth-order valence-electron chi connectivity index (χ4n) is 2.67. The van der Waals surface area contributed by atoms with Gasteiger partial charge in [-0.15, -0.1) is 11.3 Å². The first-order valence-electron chi connectivity index (χ1n) is 7.06. The van der Waals surface area contributed by atoms with E-state index in [1.54, 1.807) is 11.4 Å². The van der Waals surface area contributed by atoms with Crippen LogP contribution in [0.25, 0.3) is 0 Å². The Kier molecular flexibility index (Phi) is 4.97. The predicted molar refractivity (Wildman–Crippen MR) is 81.6 cm³/mol. The Bertz CT molecular complexity index is 521. The fourth-order valence-corrected chi connectivity index (χ4v) is 3.47. The highest BCUT2D eigenvalue weighted by Gasteiger charge is 2.33. The third-order valence-corrected chi connectivity index (χ3v) is 4.57. The van der Waals surface area contributed by atoms with Gasteiger partial charge in [-0.3, -0.25) is 9.59 Å². The summed E-state index contributed by atoms with van der Waals surface area (Å²) in [6.07, 6.45) is 0.281. The minimum absolute atomic E-state index is 0.101. The monoisotopic (exact) mass is 312 g/mol. The molecule has 0 spiro atoms. The second-order valence-corrected chi connectivity index (χ2v) is 6.48. The molecule has 1 saturated heterocycles. The van der Waals surface area contributed by atoms with Gasteiger partial charge in [0.1, 0.15) is 30.3 Å². The minimum Gasteiger partial charge on any atom is -0.366 e. The van der Waals surface area contributed by atoms with E-state index in [1.807, 2.05) is 20.8 Å². The average molecular weight is 312 g/mol. The summed E-state index contributed by atoms with van der Waals surface area (Å²) in [4.78, 5) is 24.8. The van der Waals surface area contributed by atoms with Gasteiger partial charge in [-0.1, -0.05) is 0 Å². The highest BCUT2D eigenvalue weighted by molar-refractivity contribution is 7.14. The number of amides is 2. The van der Waals surface area contributed by atoms with E-state index >= 15 is 0 Å². The molecule has 7 heteroatoms. The van der Waals surface area contributed by atoms with Crippen LogP contribution in [0, 0.1) is 0 Å². The van der Waals surface area contributed by atoms with E-state index in [4.69, 9.17) is 10.5 Å². The molecule has 0 aromatic carbocycles. The van der Waals surface area contributed by atoms with Crippen LogP contribution in [0.3, 0.4) is 0 Å². The number of carbonyl (C=O) groups excluding carboxylic acids is 2. The summed E-state index contributed by atoms with van der Waals surface area (Å²) >= 11 is 1.30. The number of hydrogen-bond donors (Lipinski definition) is 3. The molecule has 1 aromatic heterocycles. The van der Waals surface area contributed by atoms with E-state index in [0.29, 0.717) is 10.6 Å². The minimum atomic E-state index is -0.528. The lowest BCUT2D eigenvalue weighted by Gasteiger charge is -2.35. The zero-order valence-corrected chi connectivity index (χ0v) is 13.3. The number of ether oxygens (including phenoxy) is 1. The highest BCUT2D eigenvalue weighted by Crippen LogP contribution is 2.22. The van der Waals surface area contributed by atoms with Gasteiger partial charge in [0.25, 0.3) is 11.8 Å². The molecule has 0 aliphatic carbocycles. The molecular weight excluding hydrogens is 290 g/mol. The molecule has 2 rings (SSSR count). The summed E-state index contributed by atoms with van der Waals surface area (Å²) in [5.74, 6) is -0.628. The molecule has 0 unspecified atom stereocenters. The van der Waals surface area contributed by atoms with Crippen LogP contribution in [0.5, 0.6) is 0 Å². The number of hydrogen-bond acceptors (Lipinski definition) is 4. The molecule has 2 heterocycles. The van der Waals surface area contributed by atoms with Gasteiger partial charge in [0.15, 0.2) is 6.04 Å². The first-order valence-corrected chi connectivity index (χ1v) is 7.94. The van der Waals surface area contributed by atoms with Crippen LogP contribution in [0.15, 0.2) is 11.4 Å². The topological polar surface area (TPSA) is 85.9 Å². The van der Waals surface area contributed by atoms with E-state index in [1.165, 1.54) is 16.2 Å². The molecule has 0 bridgehead atoms. The fraction of sp³-hybridized carbons (Fsp3) is 0.571. The molecule has 2 amide bonds. The average Bonchev–Trinajstić information content (AvgIpc) is 2.84. The van der Waals surface area contributed by atoms with E-state index in [0.717, 1.165) is 13.1 Å². The van der Waals surface area contributed by atoms with Crippen molar-refractivity contribution >= 4 is 28.2 Å². The summed E-state index contributed by atoms with van der Waals surface area (Å²) in [5, 5.41) is 5.08. The molecule has 116 valence electrons. The second-order valence-electron chi connectivity index (χ2n) is 5.56. The van der Waals surface area contributed by atoms with Gasteiger partial charge >= 0.3 is 0 Å². The molecular formula is C14H22N3O3S+. The Morgan fingerprint density at radius 2 is 2.05 bits per heavy atom. The van der Waals surface area contributed by atoms with Gasteiger partial charge in [-0.05, 0) is 32.2 Å². The van der Waals surface area contributed by atoms with Crippen molar-refractivity contribution in [2.24, 2.45) is 5.73 Å². The Labute approximate surface area is 128 Å². The number of morpholine rings is 1. The zero-order chi connectivity index (χ0) is 15.6. The van der Waals surface area contributed by atoms with Crippen molar-refractivity contribution in [3.05, 3.63) is 17.0 Å². The second kappa shape index (κ2) is 6.55. The van der Waals surface area contributed by atoms with Crippen LogP contribution in [0.2, 0.25) is 0 Å². The van der Waals surface area contributed by atoms with Crippen molar-refractivity contribution in [1.29, 1.82) is 0 Å². The van der Waals surface area contributed by atoms with Crippen LogP contribution in [0.1, 0.15) is 31.1 Å². The molecule has 0 saturated carbocycles. The quantitative estimate of drug-likeness (QED) is 0.724. The lowest BCUT2D eigenvalue weighted by molar-refractivity contribution is -0.928. The number of thiophene rings is 1. The van der Waals surface area contributed by atoms with Crippen molar-refractivity contribution < 1.29 is 19.2 Å². The first kappa shape index (κ1) is 15.9. The van der Waals surface area contributed by atoms with Gasteiger partial charge in [-0.2, -0.15) is 0 Å². The van der Waals surface area contributed by atoms with Crippen LogP contribution >= 0.6 is 11.3 Å². The summed E-state index contributed by atoms with van der Waals surface area (Å²) in [6, 6.07) is 1.42. The number of nitrogens with two attached hydrogens (primary N) is 1. The van der Waals surface area contributed by atoms with Crippen LogP contribution in [0.4, 0.5) is 5.00 Å². The number of carbonyl (C=O) groups is 2. The third kappa shape index (κ3) is 3.81. The lowest BCUT2D eigenvalue weighted by atomic mass is 10.1. The smallest absolute Gasteiger partial charge is 0.282 e. The maximum Gasteiger partial charge on any atom is 0.282 e. The SMILES string of the molecule is C[C@@H]1C[NH+]([C@@H](C)C(=O)Nc2sccc2C(N)=O)C[C@@H](C)O1. The van der Waals surface area contributed by atoms with Crippen molar-refractivity contribution in [1.82, 2.24) is 0 Å². The molecule has 3 atom stereocenters. The Balaban J connectivity index is 2.02. The summed E-state index contributed by atoms with van der Waals surface area (Å²) in [5.41, 5.74) is 5.65. The van der Waals surface area contributed by atoms with E-state index in [9.17, 15) is 9.59 Å². The van der Waals surface area contributed by atoms with Crippen molar-refractivity contribution in [2.45, 2.75) is 39.0 Å². The number of nitrogens with one attached hydrogen (secondary N) is 2. The molecule has 1 aliphatic heterocycles.